The van der Waals surface area contributed by atoms with Gasteiger partial charge in [0.15, 0.2) is 0 Å². The molecule has 3 nitrogen and oxygen atoms in total. The van der Waals surface area contributed by atoms with Gasteiger partial charge in [0.1, 0.15) is 0 Å². The van der Waals surface area contributed by atoms with E-state index in [4.69, 9.17) is 0 Å². The second-order valence-electron chi connectivity index (χ2n) is 2.86. The molecule has 66 valence electrons. The summed E-state index contributed by atoms with van der Waals surface area (Å²) in [5, 5.41) is 2.99. The molecule has 0 aliphatic carbocycles. The van der Waals surface area contributed by atoms with Crippen LogP contribution in [0.5, 0.6) is 0 Å². The van der Waals surface area contributed by atoms with Crippen molar-refractivity contribution in [2.75, 3.05) is 21.1 Å². The minimum absolute atomic E-state index is 0.00463. The highest BCUT2D eigenvalue weighted by molar-refractivity contribution is 5.81. The fourth-order valence-electron chi connectivity index (χ4n) is 0.992. The Morgan fingerprint density at radius 2 is 2.09 bits per heavy atom. The summed E-state index contributed by atoms with van der Waals surface area (Å²) in [6.45, 7) is 2.08. The zero-order valence-corrected chi connectivity index (χ0v) is 7.85. The summed E-state index contributed by atoms with van der Waals surface area (Å²) in [7, 11) is 5.38. The van der Waals surface area contributed by atoms with Gasteiger partial charge in [0, 0.05) is 14.1 Å². The van der Waals surface area contributed by atoms with Crippen LogP contribution in [0.2, 0.25) is 0 Å². The van der Waals surface area contributed by atoms with Crippen LogP contribution in [0, 0.1) is 0 Å². The molecule has 0 unspecified atom stereocenters. The van der Waals surface area contributed by atoms with Gasteiger partial charge in [0.05, 0.1) is 6.04 Å². The van der Waals surface area contributed by atoms with Crippen molar-refractivity contribution in [1.29, 1.82) is 0 Å². The number of nitrogens with zero attached hydrogens (tertiary/aromatic N) is 1. The lowest BCUT2D eigenvalue weighted by Crippen LogP contribution is -2.41. The molecule has 3 heteroatoms. The predicted octanol–water partition coefficient (Wildman–Crippen LogP) is 0.463. The number of carbonyl (C=O) groups is 1. The third-order valence-electron chi connectivity index (χ3n) is 1.66. The molecule has 1 atom stereocenters. The van der Waals surface area contributed by atoms with Gasteiger partial charge in [-0.05, 0) is 13.5 Å². The summed E-state index contributed by atoms with van der Waals surface area (Å²) in [5.74, 6) is 0.161. The van der Waals surface area contributed by atoms with Crippen molar-refractivity contribution >= 4 is 5.91 Å². The maximum atomic E-state index is 11.3. The molecule has 0 rings (SSSR count). The molecule has 0 aromatic heterocycles. The molecule has 0 fully saturated rings. The van der Waals surface area contributed by atoms with E-state index >= 15 is 0 Å². The van der Waals surface area contributed by atoms with E-state index in [0.717, 1.165) is 12.8 Å². The van der Waals surface area contributed by atoms with Gasteiger partial charge >= 0.3 is 0 Å². The lowest BCUT2D eigenvalue weighted by molar-refractivity contribution is -0.130. The Balaban J connectivity index is 3.92. The summed E-state index contributed by atoms with van der Waals surface area (Å²) in [5.41, 5.74) is 0. The maximum Gasteiger partial charge on any atom is 0.239 e. The quantitative estimate of drug-likeness (QED) is 0.644. The standard InChI is InChI=1S/C8H18N2O/c1-5-6-7(9-2)8(11)10(3)4/h7,9H,5-6H2,1-4H3/t7-/m1/s1. The molecule has 0 heterocycles. The van der Waals surface area contributed by atoms with Gasteiger partial charge in [-0.25, -0.2) is 0 Å². The molecule has 0 saturated heterocycles. The second-order valence-corrected chi connectivity index (χ2v) is 2.86. The van der Waals surface area contributed by atoms with Crippen LogP contribution in [0.15, 0.2) is 0 Å². The number of likely N-dealkylation sites (N-methyl/N-ethyl adjacent to an activating group) is 2. The Labute approximate surface area is 68.8 Å². The zero-order chi connectivity index (χ0) is 8.85. The van der Waals surface area contributed by atoms with E-state index in [1.54, 1.807) is 19.0 Å². The molecule has 0 spiro atoms. The van der Waals surface area contributed by atoms with Crippen LogP contribution in [0.4, 0.5) is 0 Å². The van der Waals surface area contributed by atoms with Crippen molar-refractivity contribution in [2.45, 2.75) is 25.8 Å². The lowest BCUT2D eigenvalue weighted by Gasteiger charge is -2.18. The minimum atomic E-state index is -0.00463. The van der Waals surface area contributed by atoms with E-state index in [2.05, 4.69) is 12.2 Å². The van der Waals surface area contributed by atoms with Gasteiger partial charge in [0.2, 0.25) is 5.91 Å². The predicted molar refractivity (Wildman–Crippen MR) is 46.4 cm³/mol. The number of rotatable bonds is 4. The van der Waals surface area contributed by atoms with E-state index in [1.807, 2.05) is 7.05 Å². The Hall–Kier alpha value is -0.570. The highest BCUT2D eigenvalue weighted by atomic mass is 16.2. The Morgan fingerprint density at radius 1 is 1.55 bits per heavy atom. The Morgan fingerprint density at radius 3 is 2.36 bits per heavy atom. The fraction of sp³-hybridized carbons (Fsp3) is 0.875. The first-order valence-electron chi connectivity index (χ1n) is 4.01. The Kier molecular flexibility index (Phi) is 4.86. The molecule has 0 aliphatic heterocycles. The molecule has 0 aromatic rings. The van der Waals surface area contributed by atoms with Gasteiger partial charge < -0.3 is 10.2 Å². The zero-order valence-electron chi connectivity index (χ0n) is 7.85. The number of nitrogens with one attached hydrogen (secondary N) is 1. The molecule has 1 N–H and O–H groups in total. The van der Waals surface area contributed by atoms with Crippen molar-refractivity contribution in [3.05, 3.63) is 0 Å². The van der Waals surface area contributed by atoms with Crippen LogP contribution in [-0.2, 0) is 4.79 Å². The number of hydrogen-bond acceptors (Lipinski definition) is 2. The molecule has 0 aliphatic rings. The molecule has 0 saturated carbocycles. The molecule has 0 aromatic carbocycles. The summed E-state index contributed by atoms with van der Waals surface area (Å²) in [6.07, 6.45) is 1.94. The number of amides is 1. The number of carbonyl (C=O) groups excluding carboxylic acids is 1. The number of hydrogen-bond donors (Lipinski definition) is 1. The molecule has 1 amide bonds. The van der Waals surface area contributed by atoms with E-state index in [-0.39, 0.29) is 11.9 Å². The lowest BCUT2D eigenvalue weighted by atomic mass is 10.1. The van der Waals surface area contributed by atoms with Crippen molar-refractivity contribution in [3.63, 3.8) is 0 Å². The van der Waals surface area contributed by atoms with Crippen molar-refractivity contribution < 1.29 is 4.79 Å². The smallest absolute Gasteiger partial charge is 0.239 e. The molecule has 0 radical (unpaired) electrons. The SMILES string of the molecule is CCC[C@@H](NC)C(=O)N(C)C. The van der Waals surface area contributed by atoms with Crippen molar-refractivity contribution in [1.82, 2.24) is 10.2 Å². The normalized spacial score (nSPS) is 12.7. The van der Waals surface area contributed by atoms with Crippen LogP contribution < -0.4 is 5.32 Å². The van der Waals surface area contributed by atoms with Gasteiger partial charge in [-0.1, -0.05) is 13.3 Å². The van der Waals surface area contributed by atoms with Crippen LogP contribution >= 0.6 is 0 Å². The molecule has 0 bridgehead atoms. The first-order chi connectivity index (χ1) is 5.13. The van der Waals surface area contributed by atoms with E-state index < -0.39 is 0 Å². The van der Waals surface area contributed by atoms with Crippen LogP contribution in [-0.4, -0.2) is 38.0 Å². The topological polar surface area (TPSA) is 32.3 Å². The van der Waals surface area contributed by atoms with Crippen LogP contribution in [0.1, 0.15) is 19.8 Å². The maximum absolute atomic E-state index is 11.3. The monoisotopic (exact) mass is 158 g/mol. The first kappa shape index (κ1) is 10.4. The van der Waals surface area contributed by atoms with E-state index in [9.17, 15) is 4.79 Å². The third kappa shape index (κ3) is 3.37. The van der Waals surface area contributed by atoms with Gasteiger partial charge in [0.25, 0.3) is 0 Å². The fourth-order valence-corrected chi connectivity index (χ4v) is 0.992. The molecule has 11 heavy (non-hydrogen) atoms. The second kappa shape index (κ2) is 5.13. The third-order valence-corrected chi connectivity index (χ3v) is 1.66. The summed E-state index contributed by atoms with van der Waals surface area (Å²) in [6, 6.07) is -0.00463. The molecular formula is C8H18N2O. The first-order valence-corrected chi connectivity index (χ1v) is 4.01. The average molecular weight is 158 g/mol. The van der Waals surface area contributed by atoms with Crippen LogP contribution in [0.25, 0.3) is 0 Å². The Bertz CT molecular complexity index is 123. The van der Waals surface area contributed by atoms with E-state index in [0.29, 0.717) is 0 Å². The summed E-state index contributed by atoms with van der Waals surface area (Å²) in [4.78, 5) is 12.9. The van der Waals surface area contributed by atoms with Gasteiger partial charge in [-0.3, -0.25) is 4.79 Å². The van der Waals surface area contributed by atoms with Gasteiger partial charge in [-0.2, -0.15) is 0 Å². The highest BCUT2D eigenvalue weighted by Gasteiger charge is 2.15. The summed E-state index contributed by atoms with van der Waals surface area (Å²) >= 11 is 0. The average Bonchev–Trinajstić information content (AvgIpc) is 1.98. The minimum Gasteiger partial charge on any atom is -0.347 e. The van der Waals surface area contributed by atoms with Crippen molar-refractivity contribution in [3.8, 4) is 0 Å². The highest BCUT2D eigenvalue weighted by Crippen LogP contribution is 1.98. The largest absolute Gasteiger partial charge is 0.347 e. The summed E-state index contributed by atoms with van der Waals surface area (Å²) < 4.78 is 0. The van der Waals surface area contributed by atoms with Gasteiger partial charge in [-0.15, -0.1) is 0 Å². The molecular weight excluding hydrogens is 140 g/mol. The van der Waals surface area contributed by atoms with Crippen LogP contribution in [0.3, 0.4) is 0 Å². The van der Waals surface area contributed by atoms with Crippen molar-refractivity contribution in [2.24, 2.45) is 0 Å². The van der Waals surface area contributed by atoms with E-state index in [1.165, 1.54) is 0 Å².